The first-order chi connectivity index (χ1) is 34.8. The first-order valence-electron chi connectivity index (χ1n) is 24.8. The second-order valence-electron chi connectivity index (χ2n) is 16.4. The van der Waals surface area contributed by atoms with Crippen LogP contribution in [0.3, 0.4) is 0 Å². The fourth-order valence-corrected chi connectivity index (χ4v) is 15.9. The topological polar surface area (TPSA) is 212 Å². The molecule has 0 fully saturated rings. The predicted molar refractivity (Wildman–Crippen MR) is 278 cm³/mol. The second kappa shape index (κ2) is 44.1. The van der Waals surface area contributed by atoms with Gasteiger partial charge in [0, 0.05) is 170 Å². The summed E-state index contributed by atoms with van der Waals surface area (Å²) < 4.78 is 134. The molecule has 0 bridgehead atoms. The van der Waals surface area contributed by atoms with Crippen molar-refractivity contribution in [3.63, 3.8) is 0 Å². The quantitative estimate of drug-likeness (QED) is 0.0595. The highest BCUT2D eigenvalue weighted by atomic mass is 28.4. The molecule has 0 aromatic carbocycles. The molecule has 28 heteroatoms. The minimum atomic E-state index is -2.80. The first-order valence-corrected chi connectivity index (χ1v) is 34.5. The molecular formula is C44H100O23Si5. The van der Waals surface area contributed by atoms with Gasteiger partial charge >= 0.3 is 44.0 Å². The van der Waals surface area contributed by atoms with Crippen molar-refractivity contribution in [2.45, 2.75) is 107 Å². The molecule has 0 aromatic heterocycles. The monoisotopic (exact) mass is 1140 g/mol. The average Bonchev–Trinajstić information content (AvgIpc) is 3.42. The number of hydrogen-bond donors (Lipinski definition) is 0. The molecule has 0 radical (unpaired) electrons. The molecule has 0 aliphatic carbocycles. The highest BCUT2D eigenvalue weighted by molar-refractivity contribution is 6.62. The summed E-state index contributed by atoms with van der Waals surface area (Å²) in [4.78, 5) is 0. The normalized spacial score (nSPS) is 14.8. The minimum Gasteiger partial charge on any atom is -0.379 e. The summed E-state index contributed by atoms with van der Waals surface area (Å²) >= 11 is 0. The van der Waals surface area contributed by atoms with Gasteiger partial charge < -0.3 is 104 Å². The summed E-state index contributed by atoms with van der Waals surface area (Å²) in [5.41, 5.74) is 0. The van der Waals surface area contributed by atoms with Crippen LogP contribution in [-0.4, -0.2) is 254 Å². The number of rotatable bonds is 55. The van der Waals surface area contributed by atoms with E-state index in [2.05, 4.69) is 6.92 Å². The van der Waals surface area contributed by atoms with E-state index in [1.165, 1.54) is 0 Å². The summed E-state index contributed by atoms with van der Waals surface area (Å²) in [6.45, 7) is 6.22. The van der Waals surface area contributed by atoms with E-state index in [0.29, 0.717) is 115 Å². The molecule has 0 spiro atoms. The van der Waals surface area contributed by atoms with E-state index >= 15 is 0 Å². The van der Waals surface area contributed by atoms with Crippen molar-refractivity contribution in [2.75, 3.05) is 186 Å². The largest absolute Gasteiger partial charge is 0.500 e. The van der Waals surface area contributed by atoms with Crippen molar-refractivity contribution in [3.8, 4) is 0 Å². The second-order valence-corrected chi connectivity index (χ2v) is 31.9. The molecule has 0 saturated heterocycles. The van der Waals surface area contributed by atoms with Crippen LogP contribution in [0.25, 0.3) is 0 Å². The standard InChI is InChI=1S/C44H100O23Si5/c1-17-23-41(34-62-37-42(64-26-20-31-70(51-8,52-9)53-10)35-60-24-18-29-68(45-2,46-3)47-4)67-40-44(66-28-22-33-72(57-14,58-15)59-16)39-63-38-43(65-27-21-32-71(54-11,55-12)56-13)36-61-25-19-30-69(48-5,49-6)50-7/h41-44H,17-40H2,1-16H3. The zero-order chi connectivity index (χ0) is 54.0. The molecule has 0 heterocycles. The zero-order valence-corrected chi connectivity index (χ0v) is 52.2. The van der Waals surface area contributed by atoms with E-state index in [9.17, 15) is 0 Å². The first kappa shape index (κ1) is 72.2. The molecule has 4 atom stereocenters. The Bertz CT molecular complexity index is 1170. The van der Waals surface area contributed by atoms with Crippen molar-refractivity contribution in [3.05, 3.63) is 0 Å². The molecule has 0 aromatic rings. The van der Waals surface area contributed by atoms with Crippen molar-refractivity contribution in [1.82, 2.24) is 0 Å². The lowest BCUT2D eigenvalue weighted by molar-refractivity contribution is -0.117. The Hall–Kier alpha value is 0.164. The van der Waals surface area contributed by atoms with Crippen LogP contribution in [0.15, 0.2) is 0 Å². The van der Waals surface area contributed by atoms with Gasteiger partial charge in [-0.1, -0.05) is 13.3 Å². The van der Waals surface area contributed by atoms with Gasteiger partial charge in [0.05, 0.1) is 52.4 Å². The predicted octanol–water partition coefficient (Wildman–Crippen LogP) is 4.73. The van der Waals surface area contributed by atoms with Crippen LogP contribution in [0.2, 0.25) is 30.2 Å². The molecule has 0 N–H and O–H groups in total. The minimum absolute atomic E-state index is 0.229. The van der Waals surface area contributed by atoms with E-state index in [-0.39, 0.29) is 44.7 Å². The van der Waals surface area contributed by atoms with Crippen LogP contribution in [0.4, 0.5) is 0 Å². The van der Waals surface area contributed by atoms with E-state index in [0.717, 1.165) is 12.8 Å². The molecule has 0 rings (SSSR count). The average molecular weight is 1140 g/mol. The van der Waals surface area contributed by atoms with Crippen LogP contribution in [0.5, 0.6) is 0 Å². The van der Waals surface area contributed by atoms with Crippen molar-refractivity contribution in [1.29, 1.82) is 0 Å². The molecule has 0 saturated carbocycles. The third kappa shape index (κ3) is 29.2. The SMILES string of the molecule is CCCC(COCC(COCCC[Si](OC)(OC)OC)OCCC[Si](OC)(OC)OC)OCC(COCC(COCCC[Si](OC)(OC)OC)OCCC[Si](OC)(OC)OC)OCCC[Si](OC)(OC)OC. The summed E-state index contributed by atoms with van der Waals surface area (Å²) in [5.74, 6) is 0. The molecule has 4 unspecified atom stereocenters. The van der Waals surface area contributed by atoms with Crippen molar-refractivity contribution < 1.29 is 104 Å². The molecule has 23 nitrogen and oxygen atoms in total. The Balaban J connectivity index is 5.96. The molecular weight excluding hydrogens is 1040 g/mol. The lowest BCUT2D eigenvalue weighted by Gasteiger charge is -2.27. The number of ether oxygens (including phenoxy) is 8. The highest BCUT2D eigenvalue weighted by Crippen LogP contribution is 2.20. The maximum absolute atomic E-state index is 6.53. The van der Waals surface area contributed by atoms with Gasteiger partial charge in [-0.2, -0.15) is 0 Å². The van der Waals surface area contributed by atoms with Gasteiger partial charge in [-0.05, 0) is 38.5 Å². The van der Waals surface area contributed by atoms with Crippen molar-refractivity contribution in [2.24, 2.45) is 0 Å². The van der Waals surface area contributed by atoms with E-state index < -0.39 is 50.1 Å². The van der Waals surface area contributed by atoms with Gasteiger partial charge in [-0.3, -0.25) is 0 Å². The number of hydrogen-bond acceptors (Lipinski definition) is 23. The van der Waals surface area contributed by atoms with Gasteiger partial charge in [0.1, 0.15) is 18.3 Å². The van der Waals surface area contributed by atoms with E-state index in [1.807, 2.05) is 0 Å². The van der Waals surface area contributed by atoms with Crippen LogP contribution in [0.1, 0.15) is 51.9 Å². The zero-order valence-electron chi connectivity index (χ0n) is 47.2. The van der Waals surface area contributed by atoms with Gasteiger partial charge in [-0.15, -0.1) is 0 Å². The molecule has 434 valence electrons. The maximum atomic E-state index is 6.53. The Morgan fingerprint density at radius 1 is 0.250 bits per heavy atom. The summed E-state index contributed by atoms with van der Waals surface area (Å²) in [5, 5.41) is 0. The van der Waals surface area contributed by atoms with Crippen LogP contribution >= 0.6 is 0 Å². The maximum Gasteiger partial charge on any atom is 0.500 e. The lowest BCUT2D eigenvalue weighted by Crippen LogP contribution is -2.43. The summed E-state index contributed by atoms with van der Waals surface area (Å²) in [6, 6.07) is 2.98. The van der Waals surface area contributed by atoms with Crippen LogP contribution in [0, 0.1) is 0 Å². The molecule has 0 aliphatic heterocycles. The fourth-order valence-electron chi connectivity index (χ4n) is 7.48. The fraction of sp³-hybridized carbons (Fsp3) is 1.00. The lowest BCUT2D eigenvalue weighted by atomic mass is 10.2. The highest BCUT2D eigenvalue weighted by Gasteiger charge is 2.40. The Morgan fingerprint density at radius 3 is 0.722 bits per heavy atom. The molecule has 72 heavy (non-hydrogen) atoms. The van der Waals surface area contributed by atoms with E-state index in [4.69, 9.17) is 104 Å². The van der Waals surface area contributed by atoms with Crippen LogP contribution in [-0.2, 0) is 104 Å². The summed E-state index contributed by atoms with van der Waals surface area (Å²) in [7, 11) is 10.2. The summed E-state index contributed by atoms with van der Waals surface area (Å²) in [6.07, 6.45) is 3.57. The van der Waals surface area contributed by atoms with Gasteiger partial charge in [-0.25, -0.2) is 0 Å². The smallest absolute Gasteiger partial charge is 0.379 e. The molecule has 0 amide bonds. The Labute approximate surface area is 439 Å². The van der Waals surface area contributed by atoms with E-state index in [1.54, 1.807) is 107 Å². The van der Waals surface area contributed by atoms with Gasteiger partial charge in [0.2, 0.25) is 0 Å². The van der Waals surface area contributed by atoms with Gasteiger partial charge in [0.15, 0.2) is 0 Å². The Morgan fingerprint density at radius 2 is 0.472 bits per heavy atom. The Kier molecular flexibility index (Phi) is 44.2. The van der Waals surface area contributed by atoms with Crippen molar-refractivity contribution >= 4 is 44.0 Å². The third-order valence-corrected chi connectivity index (χ3v) is 26.3. The third-order valence-electron chi connectivity index (χ3n) is 12.1. The van der Waals surface area contributed by atoms with Crippen LogP contribution < -0.4 is 0 Å². The molecule has 0 aliphatic rings. The van der Waals surface area contributed by atoms with Gasteiger partial charge in [0.25, 0.3) is 0 Å².